The van der Waals surface area contributed by atoms with Crippen LogP contribution in [-0.2, 0) is 0 Å². The molecule has 4 heterocycles. The predicted molar refractivity (Wildman–Crippen MR) is 53.0 cm³/mol. The van der Waals surface area contributed by atoms with Crippen LogP contribution in [-0.4, -0.2) is 43.5 Å². The third-order valence-corrected chi connectivity index (χ3v) is 3.90. The Morgan fingerprint density at radius 1 is 1.15 bits per heavy atom. The molecule has 4 aliphatic rings. The second kappa shape index (κ2) is 2.71. The van der Waals surface area contributed by atoms with Crippen LogP contribution < -0.4 is 5.32 Å². The zero-order valence-corrected chi connectivity index (χ0v) is 8.05. The van der Waals surface area contributed by atoms with E-state index in [0.29, 0.717) is 5.41 Å². The van der Waals surface area contributed by atoms with Crippen molar-refractivity contribution in [1.82, 2.24) is 10.2 Å². The number of rotatable bonds is 1. The minimum absolute atomic E-state index is 0.464. The van der Waals surface area contributed by atoms with Crippen molar-refractivity contribution in [1.29, 1.82) is 0 Å². The molecular weight excluding hydrogens is 162 g/mol. The van der Waals surface area contributed by atoms with E-state index in [4.69, 9.17) is 0 Å². The van der Waals surface area contributed by atoms with Crippen molar-refractivity contribution in [2.75, 3.05) is 32.7 Å². The highest BCUT2D eigenvalue weighted by molar-refractivity contribution is 5.89. The first-order valence-corrected chi connectivity index (χ1v) is 5.40. The molecule has 4 aliphatic heterocycles. The monoisotopic (exact) mass is 179 g/mol. The van der Waals surface area contributed by atoms with Crippen LogP contribution >= 0.6 is 0 Å². The van der Waals surface area contributed by atoms with Crippen LogP contribution in [0.2, 0.25) is 0 Å². The molecule has 1 N–H and O–H groups in total. The van der Waals surface area contributed by atoms with E-state index in [1.165, 1.54) is 44.7 Å². The van der Waals surface area contributed by atoms with Gasteiger partial charge in [0.2, 0.25) is 0 Å². The van der Waals surface area contributed by atoms with Crippen LogP contribution in [0.15, 0.2) is 4.99 Å². The third kappa shape index (κ3) is 1.10. The minimum atomic E-state index is 0.464. The highest BCUT2D eigenvalue weighted by Crippen LogP contribution is 2.41. The van der Waals surface area contributed by atoms with Crippen molar-refractivity contribution in [2.45, 2.75) is 19.3 Å². The largest absolute Gasteiger partial charge is 0.372 e. The highest BCUT2D eigenvalue weighted by Gasteiger charge is 2.43. The highest BCUT2D eigenvalue weighted by atomic mass is 15.2. The summed E-state index contributed by atoms with van der Waals surface area (Å²) < 4.78 is 0. The summed E-state index contributed by atoms with van der Waals surface area (Å²) in [6.45, 7) is 5.95. The van der Waals surface area contributed by atoms with E-state index >= 15 is 0 Å². The lowest BCUT2D eigenvalue weighted by molar-refractivity contribution is 0.0729. The maximum Gasteiger partial charge on any atom is 0.103 e. The molecule has 3 heteroatoms. The van der Waals surface area contributed by atoms with Crippen LogP contribution in [0.25, 0.3) is 0 Å². The fraction of sp³-hybridized carbons (Fsp3) is 0.900. The van der Waals surface area contributed by atoms with Crippen molar-refractivity contribution < 1.29 is 0 Å². The van der Waals surface area contributed by atoms with Crippen molar-refractivity contribution in [3.05, 3.63) is 0 Å². The van der Waals surface area contributed by atoms with E-state index in [0.717, 1.165) is 13.1 Å². The summed E-state index contributed by atoms with van der Waals surface area (Å²) in [7, 11) is 0. The number of hydrogen-bond donors (Lipinski definition) is 1. The number of nitrogens with zero attached hydrogens (tertiary/aromatic N) is 2. The maximum absolute atomic E-state index is 4.61. The minimum Gasteiger partial charge on any atom is -0.372 e. The Kier molecular flexibility index (Phi) is 1.62. The normalized spacial score (nSPS) is 43.1. The molecule has 0 unspecified atom stereocenters. The first kappa shape index (κ1) is 7.80. The van der Waals surface area contributed by atoms with Gasteiger partial charge in [0.05, 0.1) is 6.54 Å². The maximum atomic E-state index is 4.61. The third-order valence-electron chi connectivity index (χ3n) is 3.90. The second-order valence-electron chi connectivity index (χ2n) is 4.53. The molecule has 3 fully saturated rings. The number of aliphatic imine (C=N–C) groups is 1. The average molecular weight is 179 g/mol. The number of fused-ring (bicyclic) bond motifs is 3. The van der Waals surface area contributed by atoms with Crippen LogP contribution in [0.4, 0.5) is 0 Å². The summed E-state index contributed by atoms with van der Waals surface area (Å²) in [5, 5.41) is 3.47. The van der Waals surface area contributed by atoms with Gasteiger partial charge in [-0.15, -0.1) is 0 Å². The Morgan fingerprint density at radius 3 is 2.38 bits per heavy atom. The zero-order chi connectivity index (χ0) is 8.73. The van der Waals surface area contributed by atoms with Crippen LogP contribution in [0.5, 0.6) is 0 Å². The van der Waals surface area contributed by atoms with E-state index in [1.807, 2.05) is 0 Å². The fourth-order valence-corrected chi connectivity index (χ4v) is 2.94. The summed E-state index contributed by atoms with van der Waals surface area (Å²) in [6, 6.07) is 0. The lowest BCUT2D eigenvalue weighted by Crippen LogP contribution is -2.54. The summed E-state index contributed by atoms with van der Waals surface area (Å²) in [5.74, 6) is 1.34. The second-order valence-corrected chi connectivity index (χ2v) is 4.53. The molecule has 0 radical (unpaired) electrons. The standard InChI is InChI=1S/C10H17N3/c1-6-13-7-2-10(1,3-8-13)9-11-4-5-12-9/h1-8H2,(H,11,12). The van der Waals surface area contributed by atoms with E-state index in [9.17, 15) is 0 Å². The Labute approximate surface area is 79.2 Å². The Bertz CT molecular complexity index is 225. The number of nitrogens with one attached hydrogen (secondary N) is 1. The molecular formula is C10H17N3. The van der Waals surface area contributed by atoms with Crippen LogP contribution in [0.1, 0.15) is 19.3 Å². The molecule has 3 nitrogen and oxygen atoms in total. The van der Waals surface area contributed by atoms with Gasteiger partial charge in [-0.1, -0.05) is 0 Å². The fourth-order valence-electron chi connectivity index (χ4n) is 2.94. The van der Waals surface area contributed by atoms with E-state index in [1.54, 1.807) is 0 Å². The van der Waals surface area contributed by atoms with Crippen molar-refractivity contribution >= 4 is 5.84 Å². The molecule has 4 rings (SSSR count). The van der Waals surface area contributed by atoms with Gasteiger partial charge in [0.15, 0.2) is 0 Å². The molecule has 2 bridgehead atoms. The Balaban J connectivity index is 1.86. The topological polar surface area (TPSA) is 27.6 Å². The number of piperidine rings is 3. The molecule has 0 spiro atoms. The van der Waals surface area contributed by atoms with Gasteiger partial charge in [-0.25, -0.2) is 0 Å². The van der Waals surface area contributed by atoms with Crippen molar-refractivity contribution in [3.8, 4) is 0 Å². The van der Waals surface area contributed by atoms with E-state index in [-0.39, 0.29) is 0 Å². The van der Waals surface area contributed by atoms with E-state index < -0.39 is 0 Å². The molecule has 0 aromatic rings. The molecule has 13 heavy (non-hydrogen) atoms. The molecule has 3 saturated heterocycles. The smallest absolute Gasteiger partial charge is 0.103 e. The summed E-state index contributed by atoms with van der Waals surface area (Å²) in [5.41, 5.74) is 0.464. The number of amidine groups is 1. The van der Waals surface area contributed by atoms with E-state index in [2.05, 4.69) is 15.2 Å². The lowest BCUT2D eigenvalue weighted by Gasteiger charge is -2.48. The quantitative estimate of drug-likeness (QED) is 0.634. The van der Waals surface area contributed by atoms with Gasteiger partial charge in [0, 0.05) is 12.0 Å². The Hall–Kier alpha value is -0.570. The van der Waals surface area contributed by atoms with Crippen molar-refractivity contribution in [2.24, 2.45) is 10.4 Å². The number of hydrogen-bond acceptors (Lipinski definition) is 3. The molecule has 0 aromatic carbocycles. The molecule has 0 saturated carbocycles. The van der Waals surface area contributed by atoms with Crippen LogP contribution in [0, 0.1) is 5.41 Å². The molecule has 0 atom stereocenters. The van der Waals surface area contributed by atoms with Gasteiger partial charge in [-0.2, -0.15) is 0 Å². The molecule has 72 valence electrons. The van der Waals surface area contributed by atoms with Gasteiger partial charge < -0.3 is 10.2 Å². The van der Waals surface area contributed by atoms with Gasteiger partial charge in [0.25, 0.3) is 0 Å². The van der Waals surface area contributed by atoms with Gasteiger partial charge in [-0.3, -0.25) is 4.99 Å². The summed E-state index contributed by atoms with van der Waals surface area (Å²) >= 11 is 0. The average Bonchev–Trinajstić information content (AvgIpc) is 2.74. The molecule has 0 aromatic heterocycles. The first-order valence-electron chi connectivity index (χ1n) is 5.40. The SMILES string of the molecule is C1CNC(C23CCN(CC2)CC3)=N1. The van der Waals surface area contributed by atoms with Gasteiger partial charge >= 0.3 is 0 Å². The first-order chi connectivity index (χ1) is 6.39. The molecule has 0 aliphatic carbocycles. The van der Waals surface area contributed by atoms with Gasteiger partial charge in [-0.05, 0) is 38.9 Å². The Morgan fingerprint density at radius 2 is 1.85 bits per heavy atom. The van der Waals surface area contributed by atoms with Crippen molar-refractivity contribution in [3.63, 3.8) is 0 Å². The molecule has 0 amide bonds. The predicted octanol–water partition coefficient (Wildman–Crippen LogP) is 0.474. The van der Waals surface area contributed by atoms with Crippen LogP contribution in [0.3, 0.4) is 0 Å². The van der Waals surface area contributed by atoms with Gasteiger partial charge in [0.1, 0.15) is 5.84 Å². The zero-order valence-electron chi connectivity index (χ0n) is 8.05. The summed E-state index contributed by atoms with van der Waals surface area (Å²) in [4.78, 5) is 7.19. The summed E-state index contributed by atoms with van der Waals surface area (Å²) in [6.07, 6.45) is 4.00. The lowest BCUT2D eigenvalue weighted by atomic mass is 9.71.